The predicted octanol–water partition coefficient (Wildman–Crippen LogP) is -1.83. The molecule has 0 saturated carbocycles. The molecular formula is C6H7Cl2N. The van der Waals surface area contributed by atoms with Gasteiger partial charge in [-0.2, -0.15) is 4.57 Å². The van der Waals surface area contributed by atoms with Crippen molar-refractivity contribution >= 4 is 11.6 Å². The standard InChI is InChI=1S/C6H7ClN.ClH/c7-6-8-4-2-1-3-5-8;/h1-5H,6H2;1H/q+1;/p-1. The van der Waals surface area contributed by atoms with Gasteiger partial charge < -0.3 is 12.4 Å². The topological polar surface area (TPSA) is 3.88 Å². The van der Waals surface area contributed by atoms with Crippen LogP contribution in [0.5, 0.6) is 0 Å². The molecule has 0 N–H and O–H groups in total. The van der Waals surface area contributed by atoms with Crippen LogP contribution >= 0.6 is 11.6 Å². The fraction of sp³-hybridized carbons (Fsp3) is 0.167. The van der Waals surface area contributed by atoms with Crippen molar-refractivity contribution in [3.63, 3.8) is 0 Å². The number of halogens is 2. The molecule has 0 amide bonds. The number of pyridine rings is 1. The zero-order chi connectivity index (χ0) is 5.82. The van der Waals surface area contributed by atoms with Gasteiger partial charge in [-0.15, -0.1) is 0 Å². The zero-order valence-corrected chi connectivity index (χ0v) is 6.31. The van der Waals surface area contributed by atoms with Crippen LogP contribution in [-0.2, 0) is 6.00 Å². The second-order valence-electron chi connectivity index (χ2n) is 1.51. The van der Waals surface area contributed by atoms with Gasteiger partial charge in [0.2, 0.25) is 6.00 Å². The molecule has 0 aliphatic heterocycles. The molecule has 1 heterocycles. The minimum absolute atomic E-state index is 0. The molecule has 0 aliphatic carbocycles. The average Bonchev–Trinajstić information content (AvgIpc) is 1.90. The minimum Gasteiger partial charge on any atom is -1.00 e. The van der Waals surface area contributed by atoms with Crippen LogP contribution < -0.4 is 17.0 Å². The zero-order valence-electron chi connectivity index (χ0n) is 4.80. The third kappa shape index (κ3) is 2.68. The molecule has 1 aromatic heterocycles. The van der Waals surface area contributed by atoms with E-state index in [1.165, 1.54) is 0 Å². The van der Waals surface area contributed by atoms with Crippen molar-refractivity contribution in [2.45, 2.75) is 6.00 Å². The van der Waals surface area contributed by atoms with Gasteiger partial charge in [0.1, 0.15) is 0 Å². The lowest BCUT2D eigenvalue weighted by atomic mass is 10.5. The summed E-state index contributed by atoms with van der Waals surface area (Å²) in [4.78, 5) is 0. The van der Waals surface area contributed by atoms with Gasteiger partial charge in [0.25, 0.3) is 0 Å². The summed E-state index contributed by atoms with van der Waals surface area (Å²) in [6, 6.07) is 6.38. The Balaban J connectivity index is 0.000000640. The largest absolute Gasteiger partial charge is 1.00 e. The number of rotatable bonds is 1. The first-order chi connectivity index (χ1) is 3.93. The number of hydrogen-bond donors (Lipinski definition) is 0. The summed E-state index contributed by atoms with van der Waals surface area (Å²) in [5.74, 6) is 0. The molecule has 0 aromatic carbocycles. The van der Waals surface area contributed by atoms with E-state index >= 15 is 0 Å². The lowest BCUT2D eigenvalue weighted by Crippen LogP contribution is -3.00. The quantitative estimate of drug-likeness (QED) is 0.339. The van der Waals surface area contributed by atoms with Crippen molar-refractivity contribution in [2.75, 3.05) is 0 Å². The maximum Gasteiger partial charge on any atom is 0.222 e. The summed E-state index contributed by atoms with van der Waals surface area (Å²) >= 11 is 5.49. The van der Waals surface area contributed by atoms with Crippen molar-refractivity contribution < 1.29 is 17.0 Å². The van der Waals surface area contributed by atoms with Gasteiger partial charge >= 0.3 is 0 Å². The van der Waals surface area contributed by atoms with Gasteiger partial charge in [0.05, 0.1) is 0 Å². The Hall–Kier alpha value is -0.270. The van der Waals surface area contributed by atoms with Crippen molar-refractivity contribution in [2.24, 2.45) is 0 Å². The highest BCUT2D eigenvalue weighted by molar-refractivity contribution is 6.14. The molecule has 3 heteroatoms. The van der Waals surface area contributed by atoms with E-state index in [4.69, 9.17) is 11.6 Å². The van der Waals surface area contributed by atoms with Gasteiger partial charge in [-0.25, -0.2) is 0 Å². The third-order valence-electron chi connectivity index (χ3n) is 0.915. The van der Waals surface area contributed by atoms with Crippen molar-refractivity contribution in [3.8, 4) is 0 Å². The fourth-order valence-corrected chi connectivity index (χ4v) is 0.673. The Bertz CT molecular complexity index is 152. The maximum absolute atomic E-state index is 5.49. The van der Waals surface area contributed by atoms with E-state index < -0.39 is 0 Å². The van der Waals surface area contributed by atoms with E-state index in [1.54, 1.807) is 0 Å². The number of nitrogens with zero attached hydrogens (tertiary/aromatic N) is 1. The minimum atomic E-state index is 0. The van der Waals surface area contributed by atoms with Crippen LogP contribution in [0.1, 0.15) is 0 Å². The van der Waals surface area contributed by atoms with Crippen LogP contribution in [0.4, 0.5) is 0 Å². The predicted molar refractivity (Wildman–Crippen MR) is 32.5 cm³/mol. The van der Waals surface area contributed by atoms with Gasteiger partial charge in [-0.05, 0) is 0 Å². The highest BCUT2D eigenvalue weighted by Crippen LogP contribution is 1.77. The molecule has 50 valence electrons. The second-order valence-corrected chi connectivity index (χ2v) is 1.75. The molecule has 0 radical (unpaired) electrons. The summed E-state index contributed by atoms with van der Waals surface area (Å²) in [6.07, 6.45) is 3.85. The van der Waals surface area contributed by atoms with Crippen LogP contribution in [0.2, 0.25) is 0 Å². The summed E-state index contributed by atoms with van der Waals surface area (Å²) in [5, 5.41) is 0. The summed E-state index contributed by atoms with van der Waals surface area (Å²) in [5.41, 5.74) is 0. The normalized spacial score (nSPS) is 8.11. The number of alkyl halides is 1. The molecule has 1 aromatic rings. The Morgan fingerprint density at radius 2 is 1.67 bits per heavy atom. The number of hydrogen-bond acceptors (Lipinski definition) is 0. The first kappa shape index (κ1) is 8.73. The maximum atomic E-state index is 5.49. The van der Waals surface area contributed by atoms with Gasteiger partial charge in [0.15, 0.2) is 12.4 Å². The van der Waals surface area contributed by atoms with Gasteiger partial charge in [0, 0.05) is 12.1 Å². The Labute approximate surface area is 65.7 Å². The van der Waals surface area contributed by atoms with Gasteiger partial charge in [-0.3, -0.25) is 0 Å². The number of aromatic nitrogens is 1. The van der Waals surface area contributed by atoms with Crippen LogP contribution in [0.15, 0.2) is 30.6 Å². The molecule has 1 nitrogen and oxygen atoms in total. The van der Waals surface area contributed by atoms with Crippen LogP contribution in [0.3, 0.4) is 0 Å². The molecule has 0 aliphatic rings. The molecule has 0 spiro atoms. The van der Waals surface area contributed by atoms with Crippen LogP contribution in [0, 0.1) is 0 Å². The van der Waals surface area contributed by atoms with E-state index in [0.717, 1.165) is 0 Å². The van der Waals surface area contributed by atoms with Crippen LogP contribution in [0.25, 0.3) is 0 Å². The van der Waals surface area contributed by atoms with E-state index in [9.17, 15) is 0 Å². The molecule has 0 unspecified atom stereocenters. The van der Waals surface area contributed by atoms with E-state index in [1.807, 2.05) is 35.2 Å². The Kier molecular flexibility index (Phi) is 4.46. The molecule has 0 saturated heterocycles. The second kappa shape index (κ2) is 4.59. The third-order valence-corrected chi connectivity index (χ3v) is 1.19. The molecule has 0 atom stereocenters. The lowest BCUT2D eigenvalue weighted by Gasteiger charge is -1.83. The van der Waals surface area contributed by atoms with E-state index in [-0.39, 0.29) is 12.4 Å². The Morgan fingerprint density at radius 1 is 1.11 bits per heavy atom. The molecular weight excluding hydrogens is 157 g/mol. The summed E-state index contributed by atoms with van der Waals surface area (Å²) < 4.78 is 1.89. The van der Waals surface area contributed by atoms with Gasteiger partial charge in [-0.1, -0.05) is 17.7 Å². The van der Waals surface area contributed by atoms with E-state index in [0.29, 0.717) is 6.00 Å². The first-order valence-electron chi connectivity index (χ1n) is 2.43. The van der Waals surface area contributed by atoms with Crippen LogP contribution in [-0.4, -0.2) is 0 Å². The van der Waals surface area contributed by atoms with Crippen molar-refractivity contribution in [3.05, 3.63) is 30.6 Å². The first-order valence-corrected chi connectivity index (χ1v) is 2.97. The van der Waals surface area contributed by atoms with Crippen molar-refractivity contribution in [1.82, 2.24) is 0 Å². The smallest absolute Gasteiger partial charge is 0.222 e. The highest BCUT2D eigenvalue weighted by Gasteiger charge is 1.88. The van der Waals surface area contributed by atoms with E-state index in [2.05, 4.69) is 0 Å². The molecule has 1 rings (SSSR count). The van der Waals surface area contributed by atoms with Crippen molar-refractivity contribution in [1.29, 1.82) is 0 Å². The summed E-state index contributed by atoms with van der Waals surface area (Å²) in [7, 11) is 0. The lowest BCUT2D eigenvalue weighted by molar-refractivity contribution is -0.678. The fourth-order valence-electron chi connectivity index (χ4n) is 0.514. The summed E-state index contributed by atoms with van der Waals surface area (Å²) in [6.45, 7) is 0. The Morgan fingerprint density at radius 3 is 2.00 bits per heavy atom. The average molecular weight is 164 g/mol. The molecule has 9 heavy (non-hydrogen) atoms. The molecule has 0 bridgehead atoms. The highest BCUT2D eigenvalue weighted by atomic mass is 35.5. The SMILES string of the molecule is ClC[n+]1ccccc1.[Cl-]. The molecule has 0 fully saturated rings. The monoisotopic (exact) mass is 163 g/mol.